The number of nitrogens with zero attached hydrogens (tertiary/aromatic N) is 1. The summed E-state index contributed by atoms with van der Waals surface area (Å²) in [5.74, 6) is 2.37. The molecule has 1 heterocycles. The van der Waals surface area contributed by atoms with Gasteiger partial charge in [0, 0.05) is 26.1 Å². The van der Waals surface area contributed by atoms with Gasteiger partial charge >= 0.3 is 0 Å². The molecule has 0 aromatic carbocycles. The van der Waals surface area contributed by atoms with Crippen LogP contribution in [0.1, 0.15) is 38.5 Å². The number of rotatable bonds is 3. The summed E-state index contributed by atoms with van der Waals surface area (Å²) in [7, 11) is 0. The number of aliphatic hydroxyl groups is 1. The van der Waals surface area contributed by atoms with Gasteiger partial charge in [-0.1, -0.05) is 12.8 Å². The SMILES string of the molecule is OCC1CCCCC1CNC1=NCCC1. The van der Waals surface area contributed by atoms with E-state index in [1.54, 1.807) is 0 Å². The normalized spacial score (nSPS) is 31.4. The third kappa shape index (κ3) is 2.94. The van der Waals surface area contributed by atoms with Crippen molar-refractivity contribution in [3.8, 4) is 0 Å². The van der Waals surface area contributed by atoms with E-state index in [9.17, 15) is 5.11 Å². The fourth-order valence-corrected chi connectivity index (χ4v) is 2.73. The van der Waals surface area contributed by atoms with Crippen molar-refractivity contribution in [3.63, 3.8) is 0 Å². The van der Waals surface area contributed by atoms with Crippen molar-refractivity contribution in [1.82, 2.24) is 5.32 Å². The van der Waals surface area contributed by atoms with Crippen LogP contribution in [0, 0.1) is 11.8 Å². The van der Waals surface area contributed by atoms with E-state index in [1.807, 2.05) is 0 Å². The van der Waals surface area contributed by atoms with Crippen molar-refractivity contribution >= 4 is 5.84 Å². The number of hydrogen-bond acceptors (Lipinski definition) is 3. The lowest BCUT2D eigenvalue weighted by Crippen LogP contribution is -2.34. The summed E-state index contributed by atoms with van der Waals surface area (Å²) in [6, 6.07) is 0. The molecule has 3 heteroatoms. The van der Waals surface area contributed by atoms with Crippen LogP contribution in [0.3, 0.4) is 0 Å². The molecular weight excluding hydrogens is 188 g/mol. The molecule has 2 unspecified atom stereocenters. The van der Waals surface area contributed by atoms with Crippen LogP contribution in [0.5, 0.6) is 0 Å². The van der Waals surface area contributed by atoms with Gasteiger partial charge in [-0.3, -0.25) is 4.99 Å². The Labute approximate surface area is 92.0 Å². The molecule has 86 valence electrons. The zero-order chi connectivity index (χ0) is 10.5. The number of aliphatic hydroxyl groups excluding tert-OH is 1. The van der Waals surface area contributed by atoms with E-state index in [1.165, 1.54) is 37.9 Å². The molecule has 2 rings (SSSR count). The summed E-state index contributed by atoms with van der Waals surface area (Å²) in [6.07, 6.45) is 7.42. The minimum atomic E-state index is 0.360. The molecule has 15 heavy (non-hydrogen) atoms. The predicted molar refractivity (Wildman–Crippen MR) is 62.1 cm³/mol. The minimum absolute atomic E-state index is 0.360. The van der Waals surface area contributed by atoms with E-state index in [2.05, 4.69) is 10.3 Å². The number of amidine groups is 1. The second-order valence-corrected chi connectivity index (χ2v) is 4.80. The molecule has 3 nitrogen and oxygen atoms in total. The summed E-state index contributed by atoms with van der Waals surface area (Å²) in [6.45, 7) is 2.37. The number of hydrogen-bond donors (Lipinski definition) is 2. The van der Waals surface area contributed by atoms with Crippen molar-refractivity contribution < 1.29 is 5.11 Å². The van der Waals surface area contributed by atoms with Crippen LogP contribution >= 0.6 is 0 Å². The van der Waals surface area contributed by atoms with Crippen LogP contribution in [-0.4, -0.2) is 30.6 Å². The Balaban J connectivity index is 1.76. The third-order valence-corrected chi connectivity index (χ3v) is 3.74. The molecule has 0 amide bonds. The fraction of sp³-hybridized carbons (Fsp3) is 0.917. The van der Waals surface area contributed by atoms with Crippen molar-refractivity contribution in [2.24, 2.45) is 16.8 Å². The Hall–Kier alpha value is -0.570. The summed E-state index contributed by atoms with van der Waals surface area (Å²) >= 11 is 0. The maximum atomic E-state index is 9.30. The Morgan fingerprint density at radius 3 is 2.67 bits per heavy atom. The molecular formula is C12H22N2O. The maximum Gasteiger partial charge on any atom is 0.0963 e. The standard InChI is InChI=1S/C12H22N2O/c15-9-11-5-2-1-4-10(11)8-14-12-6-3-7-13-12/h10-11,15H,1-9H2,(H,13,14). The Morgan fingerprint density at radius 1 is 1.20 bits per heavy atom. The lowest BCUT2D eigenvalue weighted by Gasteiger charge is -2.30. The highest BCUT2D eigenvalue weighted by atomic mass is 16.3. The van der Waals surface area contributed by atoms with Crippen molar-refractivity contribution in [3.05, 3.63) is 0 Å². The Bertz CT molecular complexity index is 228. The molecule has 0 aromatic heterocycles. The van der Waals surface area contributed by atoms with Gasteiger partial charge < -0.3 is 10.4 Å². The van der Waals surface area contributed by atoms with Gasteiger partial charge in [-0.2, -0.15) is 0 Å². The maximum absolute atomic E-state index is 9.30. The van der Waals surface area contributed by atoms with Crippen molar-refractivity contribution in [2.75, 3.05) is 19.7 Å². The first-order valence-electron chi connectivity index (χ1n) is 6.28. The van der Waals surface area contributed by atoms with Crippen LogP contribution in [0.15, 0.2) is 4.99 Å². The summed E-state index contributed by atoms with van der Waals surface area (Å²) in [5.41, 5.74) is 0. The molecule has 0 aromatic rings. The van der Waals surface area contributed by atoms with Gasteiger partial charge in [0.05, 0.1) is 5.84 Å². The van der Waals surface area contributed by atoms with Crippen LogP contribution in [0.4, 0.5) is 0 Å². The predicted octanol–water partition coefficient (Wildman–Crippen LogP) is 1.57. The van der Waals surface area contributed by atoms with E-state index in [4.69, 9.17) is 0 Å². The highest BCUT2D eigenvalue weighted by Crippen LogP contribution is 2.29. The molecule has 2 atom stereocenters. The van der Waals surface area contributed by atoms with Crippen LogP contribution in [-0.2, 0) is 0 Å². The summed E-state index contributed by atoms with van der Waals surface area (Å²) in [4.78, 5) is 4.41. The molecule has 1 fully saturated rings. The zero-order valence-electron chi connectivity index (χ0n) is 9.41. The molecule has 0 bridgehead atoms. The third-order valence-electron chi connectivity index (χ3n) is 3.74. The average molecular weight is 210 g/mol. The van der Waals surface area contributed by atoms with Gasteiger partial charge in [0.15, 0.2) is 0 Å². The highest BCUT2D eigenvalue weighted by Gasteiger charge is 2.24. The van der Waals surface area contributed by atoms with Crippen molar-refractivity contribution in [2.45, 2.75) is 38.5 Å². The quantitative estimate of drug-likeness (QED) is 0.742. The molecule has 1 aliphatic carbocycles. The van der Waals surface area contributed by atoms with Crippen LogP contribution in [0.2, 0.25) is 0 Å². The topological polar surface area (TPSA) is 44.6 Å². The summed E-state index contributed by atoms with van der Waals surface area (Å²) < 4.78 is 0. The average Bonchev–Trinajstić information content (AvgIpc) is 2.79. The fourth-order valence-electron chi connectivity index (χ4n) is 2.73. The molecule has 0 saturated heterocycles. The number of aliphatic imine (C=N–C) groups is 1. The molecule has 2 aliphatic rings. The highest BCUT2D eigenvalue weighted by molar-refractivity contribution is 5.83. The largest absolute Gasteiger partial charge is 0.396 e. The lowest BCUT2D eigenvalue weighted by molar-refractivity contribution is 0.136. The van der Waals surface area contributed by atoms with Crippen LogP contribution < -0.4 is 5.32 Å². The van der Waals surface area contributed by atoms with E-state index >= 15 is 0 Å². The van der Waals surface area contributed by atoms with Crippen molar-refractivity contribution in [1.29, 1.82) is 0 Å². The van der Waals surface area contributed by atoms with E-state index in [0.717, 1.165) is 19.5 Å². The first kappa shape index (κ1) is 10.9. The first-order valence-corrected chi connectivity index (χ1v) is 6.28. The lowest BCUT2D eigenvalue weighted by atomic mass is 9.79. The first-order chi connectivity index (χ1) is 7.40. The number of nitrogens with one attached hydrogen (secondary N) is 1. The smallest absolute Gasteiger partial charge is 0.0963 e. The van der Waals surface area contributed by atoms with Crippen LogP contribution in [0.25, 0.3) is 0 Å². The van der Waals surface area contributed by atoms with E-state index in [0.29, 0.717) is 18.4 Å². The van der Waals surface area contributed by atoms with Gasteiger partial charge in [-0.25, -0.2) is 0 Å². The van der Waals surface area contributed by atoms with E-state index < -0.39 is 0 Å². The summed E-state index contributed by atoms with van der Waals surface area (Å²) in [5, 5.41) is 12.7. The zero-order valence-corrected chi connectivity index (χ0v) is 9.41. The Morgan fingerprint density at radius 2 is 2.00 bits per heavy atom. The van der Waals surface area contributed by atoms with Gasteiger partial charge in [-0.15, -0.1) is 0 Å². The van der Waals surface area contributed by atoms with Gasteiger partial charge in [0.1, 0.15) is 0 Å². The second-order valence-electron chi connectivity index (χ2n) is 4.80. The second kappa shape index (κ2) is 5.50. The molecule has 1 saturated carbocycles. The van der Waals surface area contributed by atoms with Gasteiger partial charge in [0.25, 0.3) is 0 Å². The van der Waals surface area contributed by atoms with E-state index in [-0.39, 0.29) is 0 Å². The monoisotopic (exact) mass is 210 g/mol. The van der Waals surface area contributed by atoms with Gasteiger partial charge in [0.2, 0.25) is 0 Å². The molecule has 0 spiro atoms. The van der Waals surface area contributed by atoms with Gasteiger partial charge in [-0.05, 0) is 31.1 Å². The molecule has 2 N–H and O–H groups in total. The minimum Gasteiger partial charge on any atom is -0.396 e. The molecule has 0 radical (unpaired) electrons. The molecule has 1 aliphatic heterocycles. The Kier molecular flexibility index (Phi) is 4.01.